The first-order chi connectivity index (χ1) is 9.50. The molecule has 0 aromatic heterocycles. The van der Waals surface area contributed by atoms with E-state index in [4.69, 9.17) is 12.2 Å². The van der Waals surface area contributed by atoms with Crippen LogP contribution in [0.1, 0.15) is 16.7 Å². The molecule has 0 radical (unpaired) electrons. The molecule has 0 atom stereocenters. The molecule has 0 unspecified atom stereocenters. The minimum atomic E-state index is -1.17. The molecule has 0 fully saturated rings. The summed E-state index contributed by atoms with van der Waals surface area (Å²) >= 11 is 5.16. The fourth-order valence-electron chi connectivity index (χ4n) is 1.69. The van der Waals surface area contributed by atoms with Crippen LogP contribution in [0.4, 0.5) is 13.2 Å². The third kappa shape index (κ3) is 2.96. The van der Waals surface area contributed by atoms with Crippen molar-refractivity contribution in [2.75, 3.05) is 0 Å². The van der Waals surface area contributed by atoms with Gasteiger partial charge in [0.1, 0.15) is 5.82 Å². The predicted molar refractivity (Wildman–Crippen MR) is 78.2 cm³/mol. The van der Waals surface area contributed by atoms with Crippen LogP contribution in [0.3, 0.4) is 0 Å². The maximum atomic E-state index is 13.7. The molecule has 2 aromatic carbocycles. The van der Waals surface area contributed by atoms with Crippen LogP contribution < -0.4 is 0 Å². The predicted octanol–water partition coefficient (Wildman–Crippen LogP) is 4.84. The van der Waals surface area contributed by atoms with Gasteiger partial charge in [-0.15, -0.1) is 0 Å². The summed E-state index contributed by atoms with van der Waals surface area (Å²) in [7, 11) is 0. The van der Waals surface area contributed by atoms with Crippen molar-refractivity contribution >= 4 is 23.2 Å². The smallest absolute Gasteiger partial charge is 0.166 e. The SMILES string of the molecule is Cc1c(F)cc(C=CC(=S)c2ccccc2)c(F)c1F. The third-order valence-corrected chi connectivity index (χ3v) is 3.26. The van der Waals surface area contributed by atoms with Gasteiger partial charge in [0.2, 0.25) is 0 Å². The normalized spacial score (nSPS) is 11.0. The van der Waals surface area contributed by atoms with Gasteiger partial charge in [0.05, 0.1) is 0 Å². The van der Waals surface area contributed by atoms with Crippen LogP contribution in [0, 0.1) is 24.4 Å². The van der Waals surface area contributed by atoms with E-state index in [0.717, 1.165) is 11.6 Å². The molecule has 0 aliphatic rings. The van der Waals surface area contributed by atoms with Gasteiger partial charge >= 0.3 is 0 Å². The lowest BCUT2D eigenvalue weighted by molar-refractivity contribution is 0.484. The Morgan fingerprint density at radius 3 is 2.35 bits per heavy atom. The van der Waals surface area contributed by atoms with E-state index in [1.54, 1.807) is 12.1 Å². The van der Waals surface area contributed by atoms with E-state index in [1.807, 2.05) is 18.2 Å². The van der Waals surface area contributed by atoms with Crippen molar-refractivity contribution in [2.45, 2.75) is 6.92 Å². The fourth-order valence-corrected chi connectivity index (χ4v) is 1.89. The Hall–Kier alpha value is -1.94. The van der Waals surface area contributed by atoms with Gasteiger partial charge in [-0.05, 0) is 24.6 Å². The number of benzene rings is 2. The first-order valence-corrected chi connectivity index (χ1v) is 6.33. The average molecular weight is 292 g/mol. The molecule has 20 heavy (non-hydrogen) atoms. The summed E-state index contributed by atoms with van der Waals surface area (Å²) in [5.41, 5.74) is 0.293. The van der Waals surface area contributed by atoms with Crippen LogP contribution in [-0.4, -0.2) is 4.86 Å². The van der Waals surface area contributed by atoms with Gasteiger partial charge in [-0.1, -0.05) is 48.6 Å². The van der Waals surface area contributed by atoms with Gasteiger partial charge in [-0.3, -0.25) is 0 Å². The van der Waals surface area contributed by atoms with E-state index in [1.165, 1.54) is 19.1 Å². The van der Waals surface area contributed by atoms with Crippen molar-refractivity contribution < 1.29 is 13.2 Å². The molecule has 0 spiro atoms. The Morgan fingerprint density at radius 1 is 1.05 bits per heavy atom. The summed E-state index contributed by atoms with van der Waals surface area (Å²) in [6.07, 6.45) is 2.73. The van der Waals surface area contributed by atoms with E-state index < -0.39 is 17.5 Å². The zero-order chi connectivity index (χ0) is 14.7. The van der Waals surface area contributed by atoms with Gasteiger partial charge in [0, 0.05) is 16.0 Å². The van der Waals surface area contributed by atoms with Crippen LogP contribution in [-0.2, 0) is 0 Å². The van der Waals surface area contributed by atoms with Crippen molar-refractivity contribution in [1.82, 2.24) is 0 Å². The molecule has 0 saturated carbocycles. The zero-order valence-corrected chi connectivity index (χ0v) is 11.5. The number of rotatable bonds is 3. The van der Waals surface area contributed by atoms with Crippen LogP contribution >= 0.6 is 12.2 Å². The van der Waals surface area contributed by atoms with E-state index in [0.29, 0.717) is 4.86 Å². The second kappa shape index (κ2) is 6.01. The molecule has 0 saturated heterocycles. The molecule has 0 aliphatic carbocycles. The summed E-state index contributed by atoms with van der Waals surface area (Å²) in [5, 5.41) is 0. The molecular weight excluding hydrogens is 281 g/mol. The lowest BCUT2D eigenvalue weighted by atomic mass is 10.1. The molecule has 0 nitrogen and oxygen atoms in total. The van der Waals surface area contributed by atoms with Crippen molar-refractivity contribution in [3.8, 4) is 0 Å². The first-order valence-electron chi connectivity index (χ1n) is 5.92. The average Bonchev–Trinajstić information content (AvgIpc) is 2.48. The Bertz CT molecular complexity index is 676. The highest BCUT2D eigenvalue weighted by molar-refractivity contribution is 7.81. The second-order valence-electron chi connectivity index (χ2n) is 4.26. The van der Waals surface area contributed by atoms with Crippen molar-refractivity contribution in [2.24, 2.45) is 0 Å². The summed E-state index contributed by atoms with van der Waals surface area (Å²) in [5.74, 6) is -3.03. The topological polar surface area (TPSA) is 0 Å². The summed E-state index contributed by atoms with van der Waals surface area (Å²) in [6, 6.07) is 10.1. The first kappa shape index (κ1) is 14.5. The second-order valence-corrected chi connectivity index (χ2v) is 4.70. The molecule has 0 amide bonds. The zero-order valence-electron chi connectivity index (χ0n) is 10.7. The van der Waals surface area contributed by atoms with Crippen molar-refractivity contribution in [3.05, 3.63) is 76.6 Å². The van der Waals surface area contributed by atoms with Crippen molar-refractivity contribution in [3.63, 3.8) is 0 Å². The lowest BCUT2D eigenvalue weighted by Gasteiger charge is -2.04. The highest BCUT2D eigenvalue weighted by Crippen LogP contribution is 2.20. The van der Waals surface area contributed by atoms with Crippen LogP contribution in [0.5, 0.6) is 0 Å². The number of halogens is 3. The number of hydrogen-bond acceptors (Lipinski definition) is 1. The maximum Gasteiger partial charge on any atom is 0.166 e. The summed E-state index contributed by atoms with van der Waals surface area (Å²) < 4.78 is 40.5. The van der Waals surface area contributed by atoms with E-state index >= 15 is 0 Å². The quantitative estimate of drug-likeness (QED) is 0.337. The minimum Gasteiger partial charge on any atom is -0.207 e. The van der Waals surface area contributed by atoms with Crippen LogP contribution in [0.25, 0.3) is 6.08 Å². The van der Waals surface area contributed by atoms with E-state index in [-0.39, 0.29) is 11.1 Å². The van der Waals surface area contributed by atoms with Gasteiger partial charge in [-0.2, -0.15) is 0 Å². The van der Waals surface area contributed by atoms with Gasteiger partial charge in [0.25, 0.3) is 0 Å². The Labute approximate surface area is 120 Å². The molecule has 102 valence electrons. The van der Waals surface area contributed by atoms with Gasteiger partial charge < -0.3 is 0 Å². The highest BCUT2D eigenvalue weighted by atomic mass is 32.1. The molecule has 4 heteroatoms. The monoisotopic (exact) mass is 292 g/mol. The largest absolute Gasteiger partial charge is 0.207 e. The molecule has 0 aliphatic heterocycles. The van der Waals surface area contributed by atoms with Crippen LogP contribution in [0.2, 0.25) is 0 Å². The summed E-state index contributed by atoms with van der Waals surface area (Å²) in [6.45, 7) is 1.19. The number of hydrogen-bond donors (Lipinski definition) is 0. The molecule has 0 N–H and O–H groups in total. The molecule has 0 bridgehead atoms. The Balaban J connectivity index is 2.31. The maximum absolute atomic E-state index is 13.7. The van der Waals surface area contributed by atoms with Gasteiger partial charge in [-0.25, -0.2) is 13.2 Å². The van der Waals surface area contributed by atoms with E-state index in [9.17, 15) is 13.2 Å². The van der Waals surface area contributed by atoms with Crippen LogP contribution in [0.15, 0.2) is 42.5 Å². The van der Waals surface area contributed by atoms with E-state index in [2.05, 4.69) is 0 Å². The van der Waals surface area contributed by atoms with Crippen molar-refractivity contribution in [1.29, 1.82) is 0 Å². The highest BCUT2D eigenvalue weighted by Gasteiger charge is 2.14. The Kier molecular flexibility index (Phi) is 4.35. The fraction of sp³-hybridized carbons (Fsp3) is 0.0625. The molecule has 2 rings (SSSR count). The summed E-state index contributed by atoms with van der Waals surface area (Å²) in [4.78, 5) is 0.464. The lowest BCUT2D eigenvalue weighted by Crippen LogP contribution is -1.98. The molecule has 0 heterocycles. The third-order valence-electron chi connectivity index (χ3n) is 2.89. The number of thiocarbonyl (C=S) groups is 1. The standard InChI is InChI=1S/C16H11F3S/c1-10-13(17)9-12(16(19)15(10)18)7-8-14(20)11-5-3-2-4-6-11/h2-9H,1H3. The van der Waals surface area contributed by atoms with Gasteiger partial charge in [0.15, 0.2) is 11.6 Å². The Morgan fingerprint density at radius 2 is 1.70 bits per heavy atom. The molecular formula is C16H11F3S. The number of allylic oxidation sites excluding steroid dienone is 1. The minimum absolute atomic E-state index is 0.163. The molecule has 2 aromatic rings.